The van der Waals surface area contributed by atoms with Crippen LogP contribution in [-0.4, -0.2) is 0 Å². The van der Waals surface area contributed by atoms with Gasteiger partial charge in [-0.1, -0.05) is 177 Å². The molecule has 1 fully saturated rings. The summed E-state index contributed by atoms with van der Waals surface area (Å²) in [6, 6.07) is 75.2. The maximum absolute atomic E-state index is 2.54. The van der Waals surface area contributed by atoms with Crippen LogP contribution in [0.1, 0.15) is 67.2 Å². The number of nitrogens with zero attached hydrogens (tertiary/aromatic N) is 1. The van der Waals surface area contributed by atoms with Crippen molar-refractivity contribution in [2.75, 3.05) is 4.90 Å². The second kappa shape index (κ2) is 15.0. The molecule has 1 atom stereocenters. The first kappa shape index (κ1) is 37.1. The van der Waals surface area contributed by atoms with E-state index in [0.29, 0.717) is 5.92 Å². The van der Waals surface area contributed by atoms with Crippen molar-refractivity contribution in [2.24, 2.45) is 0 Å². The Hall–Kier alpha value is -6.74. The average molecular weight is 814 g/mol. The van der Waals surface area contributed by atoms with Gasteiger partial charge in [-0.2, -0.15) is 0 Å². The Bertz CT molecular complexity index is 3290. The zero-order valence-corrected chi connectivity index (χ0v) is 35.8. The van der Waals surface area contributed by atoms with Crippen LogP contribution < -0.4 is 4.90 Å². The number of fused-ring (bicyclic) bond motifs is 7. The summed E-state index contributed by atoms with van der Waals surface area (Å²) in [5.74, 6) is 0.592. The lowest BCUT2D eigenvalue weighted by Gasteiger charge is -2.30. The molecule has 0 N–H and O–H groups in total. The molecule has 0 bridgehead atoms. The lowest BCUT2D eigenvalue weighted by molar-refractivity contribution is 0.445. The largest absolute Gasteiger partial charge is 0.309 e. The summed E-state index contributed by atoms with van der Waals surface area (Å²) >= 11 is 1.88. The fourth-order valence-corrected chi connectivity index (χ4v) is 12.3. The van der Waals surface area contributed by atoms with Crippen LogP contribution in [0.15, 0.2) is 200 Å². The first-order valence-electron chi connectivity index (χ1n) is 22.4. The predicted octanol–water partition coefficient (Wildman–Crippen LogP) is 17.4. The Balaban J connectivity index is 1.03. The highest BCUT2D eigenvalue weighted by Crippen LogP contribution is 2.54. The van der Waals surface area contributed by atoms with Crippen LogP contribution in [0.4, 0.5) is 17.1 Å². The van der Waals surface area contributed by atoms with E-state index in [0.717, 1.165) is 5.69 Å². The molecular formula is C60H47NS. The molecule has 1 nitrogen and oxygen atoms in total. The average Bonchev–Trinajstić information content (AvgIpc) is 3.85. The van der Waals surface area contributed by atoms with E-state index in [1.807, 2.05) is 11.3 Å². The number of para-hydroxylation sites is 1. The van der Waals surface area contributed by atoms with Crippen molar-refractivity contribution in [3.63, 3.8) is 0 Å². The molecule has 2 heteroatoms. The van der Waals surface area contributed by atoms with Crippen molar-refractivity contribution in [1.82, 2.24) is 0 Å². The zero-order chi connectivity index (χ0) is 41.2. The minimum absolute atomic E-state index is 0.246. The molecule has 9 aromatic carbocycles. The van der Waals surface area contributed by atoms with Crippen LogP contribution >= 0.6 is 11.3 Å². The lowest BCUT2D eigenvalue weighted by atomic mass is 9.74. The molecule has 1 heterocycles. The maximum Gasteiger partial charge on any atom is 0.0555 e. The molecule has 2 aliphatic rings. The van der Waals surface area contributed by atoms with Gasteiger partial charge in [0.2, 0.25) is 0 Å². The molecule has 1 saturated carbocycles. The van der Waals surface area contributed by atoms with Crippen LogP contribution in [0, 0.1) is 0 Å². The Morgan fingerprint density at radius 3 is 1.97 bits per heavy atom. The predicted molar refractivity (Wildman–Crippen MR) is 266 cm³/mol. The van der Waals surface area contributed by atoms with E-state index in [1.165, 1.54) is 130 Å². The van der Waals surface area contributed by atoms with E-state index in [-0.39, 0.29) is 5.41 Å². The topological polar surface area (TPSA) is 3.24 Å². The normalized spacial score (nSPS) is 16.1. The molecule has 0 amide bonds. The van der Waals surface area contributed by atoms with E-state index in [4.69, 9.17) is 0 Å². The molecule has 0 saturated heterocycles. The van der Waals surface area contributed by atoms with E-state index < -0.39 is 0 Å². The molecule has 10 aromatic rings. The van der Waals surface area contributed by atoms with Gasteiger partial charge >= 0.3 is 0 Å². The summed E-state index contributed by atoms with van der Waals surface area (Å²) < 4.78 is 2.61. The van der Waals surface area contributed by atoms with Crippen molar-refractivity contribution < 1.29 is 0 Å². The van der Waals surface area contributed by atoms with E-state index >= 15 is 0 Å². The third-order valence-electron chi connectivity index (χ3n) is 14.2. The number of rotatable bonds is 7. The molecule has 2 aliphatic carbocycles. The van der Waals surface area contributed by atoms with Crippen molar-refractivity contribution in [3.05, 3.63) is 222 Å². The van der Waals surface area contributed by atoms with Gasteiger partial charge in [-0.3, -0.25) is 0 Å². The monoisotopic (exact) mass is 813 g/mol. The number of thiophene rings is 1. The summed E-state index contributed by atoms with van der Waals surface area (Å²) in [7, 11) is 0. The fraction of sp³-hybridized carbons (Fsp3) is 0.133. The van der Waals surface area contributed by atoms with Gasteiger partial charge in [0.25, 0.3) is 0 Å². The summed E-state index contributed by atoms with van der Waals surface area (Å²) in [4.78, 5) is 2.54. The number of hydrogen-bond acceptors (Lipinski definition) is 2. The first-order chi connectivity index (χ1) is 30.6. The van der Waals surface area contributed by atoms with Gasteiger partial charge in [0.15, 0.2) is 0 Å². The lowest BCUT2D eigenvalue weighted by Crippen LogP contribution is -2.22. The van der Waals surface area contributed by atoms with Crippen LogP contribution in [-0.2, 0) is 5.41 Å². The van der Waals surface area contributed by atoms with Crippen molar-refractivity contribution in [1.29, 1.82) is 0 Å². The quantitative estimate of drug-likeness (QED) is 0.155. The molecule has 1 unspecified atom stereocenters. The van der Waals surface area contributed by atoms with Crippen molar-refractivity contribution in [2.45, 2.75) is 50.4 Å². The Kier molecular flexibility index (Phi) is 8.97. The van der Waals surface area contributed by atoms with E-state index in [2.05, 4.69) is 212 Å². The number of hydrogen-bond donors (Lipinski definition) is 0. The molecule has 0 aliphatic heterocycles. The second-order valence-electron chi connectivity index (χ2n) is 17.5. The third kappa shape index (κ3) is 5.88. The number of benzene rings is 9. The minimum Gasteiger partial charge on any atom is -0.309 e. The first-order valence-corrected chi connectivity index (χ1v) is 23.2. The summed E-state index contributed by atoms with van der Waals surface area (Å²) in [5, 5.41) is 5.33. The maximum atomic E-state index is 2.54. The van der Waals surface area contributed by atoms with Crippen molar-refractivity contribution >= 4 is 59.3 Å². The van der Waals surface area contributed by atoms with Gasteiger partial charge in [-0.15, -0.1) is 11.3 Å². The highest BCUT2D eigenvalue weighted by molar-refractivity contribution is 7.26. The molecular weight excluding hydrogens is 767 g/mol. The van der Waals surface area contributed by atoms with Crippen LogP contribution in [0.3, 0.4) is 0 Å². The van der Waals surface area contributed by atoms with Gasteiger partial charge in [-0.25, -0.2) is 0 Å². The Labute approximate surface area is 368 Å². The van der Waals surface area contributed by atoms with Crippen molar-refractivity contribution in [3.8, 4) is 33.4 Å². The standard InChI is InChI=1S/C60H47NS/c1-60(44-21-6-3-7-22-44)52-28-11-8-23-47(52)48-38-35-43(39-53(48)60)40-33-36-45(37-34-40)61(55-30-16-32-57-59(55)51-25-10-13-31-56(51)62-57)54-29-12-9-24-49(54)50-27-15-20-42-19-14-26-46(58(42)50)41-17-4-2-5-18-41/h3,6-16,19-39,41H,2,4-5,17-18H2,1H3. The Morgan fingerprint density at radius 1 is 0.468 bits per heavy atom. The van der Waals surface area contributed by atoms with E-state index in [9.17, 15) is 0 Å². The highest BCUT2D eigenvalue weighted by atomic mass is 32.1. The van der Waals surface area contributed by atoms with Gasteiger partial charge in [0.05, 0.1) is 11.4 Å². The molecule has 0 spiro atoms. The Morgan fingerprint density at radius 2 is 1.11 bits per heavy atom. The third-order valence-corrected chi connectivity index (χ3v) is 15.3. The fourth-order valence-electron chi connectivity index (χ4n) is 11.2. The molecule has 1 aromatic heterocycles. The van der Waals surface area contributed by atoms with Gasteiger partial charge in [0, 0.05) is 36.8 Å². The van der Waals surface area contributed by atoms with Crippen LogP contribution in [0.5, 0.6) is 0 Å². The molecule has 298 valence electrons. The van der Waals surface area contributed by atoms with E-state index in [1.54, 1.807) is 0 Å². The molecule has 0 radical (unpaired) electrons. The molecule has 62 heavy (non-hydrogen) atoms. The van der Waals surface area contributed by atoms with Gasteiger partial charge < -0.3 is 4.90 Å². The summed E-state index contributed by atoms with van der Waals surface area (Å²) in [6.45, 7) is 2.40. The summed E-state index contributed by atoms with van der Waals surface area (Å²) in [5.41, 5.74) is 16.5. The summed E-state index contributed by atoms with van der Waals surface area (Å²) in [6.07, 6.45) is 6.51. The smallest absolute Gasteiger partial charge is 0.0555 e. The van der Waals surface area contributed by atoms with Crippen LogP contribution in [0.25, 0.3) is 64.3 Å². The van der Waals surface area contributed by atoms with Crippen LogP contribution in [0.2, 0.25) is 0 Å². The van der Waals surface area contributed by atoms with Gasteiger partial charge in [-0.05, 0) is 129 Å². The minimum atomic E-state index is -0.246. The zero-order valence-electron chi connectivity index (χ0n) is 35.0. The second-order valence-corrected chi connectivity index (χ2v) is 18.6. The SMILES string of the molecule is CC1(c2ccccc2)c2ccccc2-c2ccc(-c3ccc(N(c4ccccc4-c4cccc5cccc(C6CCCCC6)c45)c4cccc5sc6ccccc6c45)cc3)cc21. The van der Waals surface area contributed by atoms with Gasteiger partial charge in [0.1, 0.15) is 0 Å². The number of anilines is 3. The highest BCUT2D eigenvalue weighted by Gasteiger charge is 2.40. The molecule has 12 rings (SSSR count).